The predicted octanol–water partition coefficient (Wildman–Crippen LogP) is 1.12. The van der Waals surface area contributed by atoms with Crippen LogP contribution in [-0.2, 0) is 0 Å². The Balaban J connectivity index is 2.45. The monoisotopic (exact) mass is 192 g/mol. The van der Waals surface area contributed by atoms with Crippen LogP contribution in [0.5, 0.6) is 5.75 Å². The van der Waals surface area contributed by atoms with Gasteiger partial charge in [0.1, 0.15) is 12.4 Å². The number of nitrogens with two attached hydrogens (primary N) is 1. The van der Waals surface area contributed by atoms with Crippen molar-refractivity contribution in [1.29, 1.82) is 0 Å². The third-order valence-corrected chi connectivity index (χ3v) is 2.07. The van der Waals surface area contributed by atoms with Gasteiger partial charge in [0.2, 0.25) is 0 Å². The van der Waals surface area contributed by atoms with E-state index in [0.717, 1.165) is 16.6 Å². The predicted molar refractivity (Wildman–Crippen MR) is 55.3 cm³/mol. The first kappa shape index (κ1) is 8.90. The fourth-order valence-electron chi connectivity index (χ4n) is 1.43. The summed E-state index contributed by atoms with van der Waals surface area (Å²) in [5.41, 5.74) is 7.37. The molecule has 14 heavy (non-hydrogen) atoms. The number of ether oxygens (including phenoxy) is 1. The first-order chi connectivity index (χ1) is 6.83. The lowest BCUT2D eigenvalue weighted by atomic mass is 10.2. The van der Waals surface area contributed by atoms with Crippen LogP contribution in [0.2, 0.25) is 0 Å². The summed E-state index contributed by atoms with van der Waals surface area (Å²) in [5.74, 6) is 0.716. The van der Waals surface area contributed by atoms with E-state index in [2.05, 4.69) is 4.98 Å². The van der Waals surface area contributed by atoms with Crippen molar-refractivity contribution in [2.45, 2.75) is 0 Å². The number of aliphatic hydroxyl groups excluding tert-OH is 1. The fraction of sp³-hybridized carbons (Fsp3) is 0.200. The number of nitrogen functional groups attached to an aromatic ring is 1. The third-order valence-electron chi connectivity index (χ3n) is 2.07. The molecule has 1 aromatic carbocycles. The van der Waals surface area contributed by atoms with Gasteiger partial charge in [0.15, 0.2) is 0 Å². The summed E-state index contributed by atoms with van der Waals surface area (Å²) in [6, 6.07) is 5.49. The summed E-state index contributed by atoms with van der Waals surface area (Å²) in [4.78, 5) is 3.05. The van der Waals surface area contributed by atoms with Crippen LogP contribution in [0, 0.1) is 0 Å². The molecule has 0 radical (unpaired) electrons. The smallest absolute Gasteiger partial charge is 0.143 e. The maximum Gasteiger partial charge on any atom is 0.143 e. The van der Waals surface area contributed by atoms with E-state index in [-0.39, 0.29) is 13.2 Å². The topological polar surface area (TPSA) is 71.3 Å². The lowest BCUT2D eigenvalue weighted by molar-refractivity contribution is 0.202. The minimum absolute atomic E-state index is 0.00653. The van der Waals surface area contributed by atoms with Crippen LogP contribution in [0.1, 0.15) is 0 Å². The number of hydrogen-bond donors (Lipinski definition) is 3. The van der Waals surface area contributed by atoms with Crippen molar-refractivity contribution in [1.82, 2.24) is 4.98 Å². The number of aromatic nitrogens is 1. The van der Waals surface area contributed by atoms with Gasteiger partial charge < -0.3 is 20.6 Å². The van der Waals surface area contributed by atoms with E-state index in [9.17, 15) is 0 Å². The van der Waals surface area contributed by atoms with Crippen LogP contribution in [-0.4, -0.2) is 23.3 Å². The summed E-state index contributed by atoms with van der Waals surface area (Å²) < 4.78 is 5.34. The molecule has 74 valence electrons. The Bertz CT molecular complexity index is 437. The lowest BCUT2D eigenvalue weighted by Gasteiger charge is -2.06. The number of fused-ring (bicyclic) bond motifs is 1. The maximum atomic E-state index is 8.64. The van der Waals surface area contributed by atoms with E-state index in [1.54, 1.807) is 12.1 Å². The van der Waals surface area contributed by atoms with Crippen molar-refractivity contribution in [2.24, 2.45) is 0 Å². The average Bonchev–Trinajstić information content (AvgIpc) is 2.66. The van der Waals surface area contributed by atoms with Crippen molar-refractivity contribution in [3.05, 3.63) is 24.4 Å². The summed E-state index contributed by atoms with van der Waals surface area (Å²) in [6.07, 6.45) is 1.81. The normalized spacial score (nSPS) is 10.6. The molecule has 2 rings (SSSR count). The van der Waals surface area contributed by atoms with Gasteiger partial charge in [0, 0.05) is 17.3 Å². The number of hydrogen-bond acceptors (Lipinski definition) is 3. The van der Waals surface area contributed by atoms with Gasteiger partial charge in [0.05, 0.1) is 12.1 Å². The molecule has 0 aliphatic rings. The zero-order valence-electron chi connectivity index (χ0n) is 7.66. The molecule has 1 heterocycles. The molecule has 0 saturated heterocycles. The van der Waals surface area contributed by atoms with Gasteiger partial charge in [-0.15, -0.1) is 0 Å². The molecule has 0 spiro atoms. The number of aliphatic hydroxyl groups is 1. The molecule has 0 amide bonds. The van der Waals surface area contributed by atoms with E-state index in [4.69, 9.17) is 15.6 Å². The lowest BCUT2D eigenvalue weighted by Crippen LogP contribution is -2.02. The van der Waals surface area contributed by atoms with E-state index in [1.165, 1.54) is 0 Å². The Labute approximate surface area is 81.3 Å². The quantitative estimate of drug-likeness (QED) is 0.638. The Morgan fingerprint density at radius 1 is 1.36 bits per heavy atom. The SMILES string of the molecule is Nc1ccc(OCCO)c2[nH]ccc12. The number of rotatable bonds is 3. The highest BCUT2D eigenvalue weighted by molar-refractivity contribution is 5.94. The van der Waals surface area contributed by atoms with Crippen LogP contribution in [0.3, 0.4) is 0 Å². The second-order valence-corrected chi connectivity index (χ2v) is 2.99. The average molecular weight is 192 g/mol. The van der Waals surface area contributed by atoms with Crippen molar-refractivity contribution >= 4 is 16.6 Å². The van der Waals surface area contributed by atoms with Crippen molar-refractivity contribution < 1.29 is 9.84 Å². The molecule has 4 N–H and O–H groups in total. The zero-order chi connectivity index (χ0) is 9.97. The fourth-order valence-corrected chi connectivity index (χ4v) is 1.43. The van der Waals surface area contributed by atoms with E-state index in [1.807, 2.05) is 12.3 Å². The van der Waals surface area contributed by atoms with Crippen molar-refractivity contribution in [2.75, 3.05) is 18.9 Å². The Morgan fingerprint density at radius 3 is 3.00 bits per heavy atom. The van der Waals surface area contributed by atoms with Crippen LogP contribution < -0.4 is 10.5 Å². The van der Waals surface area contributed by atoms with Gasteiger partial charge >= 0.3 is 0 Å². The van der Waals surface area contributed by atoms with Gasteiger partial charge in [-0.2, -0.15) is 0 Å². The minimum Gasteiger partial charge on any atom is -0.489 e. The molecular weight excluding hydrogens is 180 g/mol. The molecule has 0 unspecified atom stereocenters. The first-order valence-electron chi connectivity index (χ1n) is 4.42. The number of aromatic amines is 1. The molecule has 0 saturated carbocycles. The molecule has 4 nitrogen and oxygen atoms in total. The number of nitrogens with one attached hydrogen (secondary N) is 1. The van der Waals surface area contributed by atoms with Gasteiger partial charge in [-0.05, 0) is 18.2 Å². The second-order valence-electron chi connectivity index (χ2n) is 2.99. The van der Waals surface area contributed by atoms with Crippen molar-refractivity contribution in [3.8, 4) is 5.75 Å². The Morgan fingerprint density at radius 2 is 2.21 bits per heavy atom. The Kier molecular flexibility index (Phi) is 2.28. The summed E-state index contributed by atoms with van der Waals surface area (Å²) >= 11 is 0. The second kappa shape index (κ2) is 3.59. The van der Waals surface area contributed by atoms with Crippen LogP contribution in [0.15, 0.2) is 24.4 Å². The van der Waals surface area contributed by atoms with E-state index < -0.39 is 0 Å². The number of anilines is 1. The molecule has 1 aromatic heterocycles. The molecule has 0 atom stereocenters. The molecule has 0 bridgehead atoms. The van der Waals surface area contributed by atoms with Crippen molar-refractivity contribution in [3.63, 3.8) is 0 Å². The third kappa shape index (κ3) is 1.40. The largest absolute Gasteiger partial charge is 0.489 e. The summed E-state index contributed by atoms with van der Waals surface area (Å²) in [5, 5.41) is 9.59. The molecule has 2 aromatic rings. The number of benzene rings is 1. The number of H-pyrrole nitrogens is 1. The highest BCUT2D eigenvalue weighted by atomic mass is 16.5. The minimum atomic E-state index is 0.00653. The van der Waals surface area contributed by atoms with Gasteiger partial charge in [-0.25, -0.2) is 0 Å². The molecular formula is C10H12N2O2. The van der Waals surface area contributed by atoms with E-state index >= 15 is 0 Å². The maximum absolute atomic E-state index is 8.64. The molecule has 0 fully saturated rings. The Hall–Kier alpha value is -1.68. The molecule has 0 aliphatic heterocycles. The van der Waals surface area contributed by atoms with Crippen LogP contribution in [0.25, 0.3) is 10.9 Å². The highest BCUT2D eigenvalue weighted by Gasteiger charge is 2.05. The summed E-state index contributed by atoms with van der Waals surface area (Å²) in [6.45, 7) is 0.296. The van der Waals surface area contributed by atoms with E-state index in [0.29, 0.717) is 5.75 Å². The first-order valence-corrected chi connectivity index (χ1v) is 4.42. The zero-order valence-corrected chi connectivity index (χ0v) is 7.66. The van der Waals surface area contributed by atoms with Gasteiger partial charge in [-0.3, -0.25) is 0 Å². The summed E-state index contributed by atoms with van der Waals surface area (Å²) in [7, 11) is 0. The molecule has 4 heteroatoms. The van der Waals surface area contributed by atoms with Gasteiger partial charge in [-0.1, -0.05) is 0 Å². The standard InChI is InChI=1S/C10H12N2O2/c11-8-1-2-9(14-6-5-13)10-7(8)3-4-12-10/h1-4,12-13H,5-6,11H2. The molecule has 0 aliphatic carbocycles. The van der Waals surface area contributed by atoms with Crippen LogP contribution in [0.4, 0.5) is 5.69 Å². The highest BCUT2D eigenvalue weighted by Crippen LogP contribution is 2.28. The van der Waals surface area contributed by atoms with Crippen LogP contribution >= 0.6 is 0 Å². The van der Waals surface area contributed by atoms with Gasteiger partial charge in [0.25, 0.3) is 0 Å².